The molecule has 1 amide bonds. The standard InChI is InChI=1S/C16H25ClN2O/c1-5-11(2)14(18)15(20)19-10-16(3,4)12-6-8-13(17)9-7-12/h6-9,11,14H,5,10,18H2,1-4H3,(H,19,20). The maximum atomic E-state index is 12.0. The van der Waals surface area contributed by atoms with Crippen LogP contribution >= 0.6 is 11.6 Å². The Morgan fingerprint density at radius 3 is 2.40 bits per heavy atom. The van der Waals surface area contributed by atoms with E-state index in [0.717, 1.165) is 12.0 Å². The van der Waals surface area contributed by atoms with Gasteiger partial charge in [0.05, 0.1) is 6.04 Å². The quantitative estimate of drug-likeness (QED) is 0.847. The van der Waals surface area contributed by atoms with Crippen molar-refractivity contribution in [1.82, 2.24) is 5.32 Å². The van der Waals surface area contributed by atoms with Gasteiger partial charge in [0.25, 0.3) is 0 Å². The predicted molar refractivity (Wildman–Crippen MR) is 84.9 cm³/mol. The predicted octanol–water partition coefficient (Wildman–Crippen LogP) is 3.11. The molecule has 0 aromatic heterocycles. The van der Waals surface area contributed by atoms with Crippen molar-refractivity contribution in [3.05, 3.63) is 34.9 Å². The molecule has 1 aromatic rings. The number of carbonyl (C=O) groups is 1. The highest BCUT2D eigenvalue weighted by atomic mass is 35.5. The van der Waals surface area contributed by atoms with Crippen molar-refractivity contribution in [3.8, 4) is 0 Å². The van der Waals surface area contributed by atoms with E-state index >= 15 is 0 Å². The lowest BCUT2D eigenvalue weighted by Gasteiger charge is -2.27. The number of hydrogen-bond acceptors (Lipinski definition) is 2. The lowest BCUT2D eigenvalue weighted by Crippen LogP contribution is -2.47. The van der Waals surface area contributed by atoms with Crippen molar-refractivity contribution in [2.75, 3.05) is 6.54 Å². The minimum Gasteiger partial charge on any atom is -0.354 e. The molecule has 0 saturated heterocycles. The largest absolute Gasteiger partial charge is 0.354 e. The fourth-order valence-corrected chi connectivity index (χ4v) is 2.07. The second kappa shape index (κ2) is 7.09. The van der Waals surface area contributed by atoms with E-state index in [-0.39, 0.29) is 17.2 Å². The van der Waals surface area contributed by atoms with Gasteiger partial charge in [-0.3, -0.25) is 4.79 Å². The van der Waals surface area contributed by atoms with Crippen molar-refractivity contribution in [1.29, 1.82) is 0 Å². The van der Waals surface area contributed by atoms with E-state index in [1.165, 1.54) is 0 Å². The third-order valence-electron chi connectivity index (χ3n) is 3.89. The van der Waals surface area contributed by atoms with E-state index in [0.29, 0.717) is 11.6 Å². The van der Waals surface area contributed by atoms with E-state index in [1.807, 2.05) is 38.1 Å². The molecule has 3 nitrogen and oxygen atoms in total. The van der Waals surface area contributed by atoms with Gasteiger partial charge in [-0.15, -0.1) is 0 Å². The first-order valence-corrected chi connectivity index (χ1v) is 7.45. The first-order chi connectivity index (χ1) is 9.27. The summed E-state index contributed by atoms with van der Waals surface area (Å²) >= 11 is 5.90. The summed E-state index contributed by atoms with van der Waals surface area (Å²) in [5.41, 5.74) is 6.91. The second-order valence-corrected chi connectivity index (χ2v) is 6.46. The summed E-state index contributed by atoms with van der Waals surface area (Å²) in [7, 11) is 0. The number of carbonyl (C=O) groups excluding carboxylic acids is 1. The summed E-state index contributed by atoms with van der Waals surface area (Å²) in [4.78, 5) is 12.0. The third kappa shape index (κ3) is 4.50. The highest BCUT2D eigenvalue weighted by Gasteiger charge is 2.24. The average molecular weight is 297 g/mol. The molecule has 0 aliphatic heterocycles. The fraction of sp³-hybridized carbons (Fsp3) is 0.562. The zero-order valence-electron chi connectivity index (χ0n) is 12.7. The number of benzene rings is 1. The van der Waals surface area contributed by atoms with Crippen molar-refractivity contribution in [2.24, 2.45) is 11.7 Å². The molecular formula is C16H25ClN2O. The summed E-state index contributed by atoms with van der Waals surface area (Å²) in [5.74, 6) is 0.107. The Hall–Kier alpha value is -1.06. The second-order valence-electron chi connectivity index (χ2n) is 6.02. The number of amides is 1. The molecule has 0 fully saturated rings. The van der Waals surface area contributed by atoms with Gasteiger partial charge in [0.15, 0.2) is 0 Å². The molecule has 1 rings (SSSR count). The molecule has 1 aromatic carbocycles. The van der Waals surface area contributed by atoms with E-state index in [9.17, 15) is 4.79 Å². The maximum Gasteiger partial charge on any atom is 0.237 e. The minimum absolute atomic E-state index is 0.0820. The van der Waals surface area contributed by atoms with Gasteiger partial charge in [-0.05, 0) is 23.6 Å². The van der Waals surface area contributed by atoms with Crippen LogP contribution in [-0.4, -0.2) is 18.5 Å². The van der Waals surface area contributed by atoms with Crippen molar-refractivity contribution < 1.29 is 4.79 Å². The highest BCUT2D eigenvalue weighted by Crippen LogP contribution is 2.23. The summed E-state index contributed by atoms with van der Waals surface area (Å²) in [6.07, 6.45) is 0.898. The molecule has 112 valence electrons. The van der Waals surface area contributed by atoms with Crippen LogP contribution in [0.15, 0.2) is 24.3 Å². The number of nitrogens with one attached hydrogen (secondary N) is 1. The van der Waals surface area contributed by atoms with Crippen LogP contribution in [0.4, 0.5) is 0 Å². The Balaban J connectivity index is 2.63. The van der Waals surface area contributed by atoms with Gasteiger partial charge < -0.3 is 11.1 Å². The summed E-state index contributed by atoms with van der Waals surface area (Å²) < 4.78 is 0. The van der Waals surface area contributed by atoms with Gasteiger partial charge in [-0.1, -0.05) is 57.8 Å². The molecule has 0 radical (unpaired) electrons. The SMILES string of the molecule is CCC(C)C(N)C(=O)NCC(C)(C)c1ccc(Cl)cc1. The van der Waals surface area contributed by atoms with Gasteiger partial charge in [0, 0.05) is 17.0 Å². The maximum absolute atomic E-state index is 12.0. The lowest BCUT2D eigenvalue weighted by molar-refractivity contribution is -0.123. The molecule has 0 bridgehead atoms. The molecule has 2 unspecified atom stereocenters. The first-order valence-electron chi connectivity index (χ1n) is 7.07. The van der Waals surface area contributed by atoms with Gasteiger partial charge in [0.2, 0.25) is 5.91 Å². The average Bonchev–Trinajstić information content (AvgIpc) is 2.43. The number of nitrogens with two attached hydrogens (primary N) is 1. The molecule has 0 aliphatic carbocycles. The normalized spacial score (nSPS) is 14.7. The highest BCUT2D eigenvalue weighted by molar-refractivity contribution is 6.30. The van der Waals surface area contributed by atoms with Crippen LogP contribution in [0.1, 0.15) is 39.7 Å². The molecular weight excluding hydrogens is 272 g/mol. The van der Waals surface area contributed by atoms with Crippen LogP contribution in [0.3, 0.4) is 0 Å². The van der Waals surface area contributed by atoms with Gasteiger partial charge in [0.1, 0.15) is 0 Å². The summed E-state index contributed by atoms with van der Waals surface area (Å²) in [6.45, 7) is 8.76. The van der Waals surface area contributed by atoms with Crippen molar-refractivity contribution in [2.45, 2.75) is 45.6 Å². The first kappa shape index (κ1) is 17.0. The van der Waals surface area contributed by atoms with E-state index in [1.54, 1.807) is 0 Å². The van der Waals surface area contributed by atoms with Gasteiger partial charge in [-0.25, -0.2) is 0 Å². The monoisotopic (exact) mass is 296 g/mol. The molecule has 4 heteroatoms. The number of hydrogen-bond donors (Lipinski definition) is 2. The third-order valence-corrected chi connectivity index (χ3v) is 4.14. The van der Waals surface area contributed by atoms with E-state index in [4.69, 9.17) is 17.3 Å². The van der Waals surface area contributed by atoms with Crippen LogP contribution in [0.25, 0.3) is 0 Å². The van der Waals surface area contributed by atoms with Crippen LogP contribution in [0.5, 0.6) is 0 Å². The van der Waals surface area contributed by atoms with Gasteiger partial charge >= 0.3 is 0 Å². The smallest absolute Gasteiger partial charge is 0.237 e. The molecule has 20 heavy (non-hydrogen) atoms. The van der Waals surface area contributed by atoms with Crippen LogP contribution < -0.4 is 11.1 Å². The molecule has 0 heterocycles. The molecule has 0 spiro atoms. The fourth-order valence-electron chi connectivity index (χ4n) is 1.94. The lowest BCUT2D eigenvalue weighted by atomic mass is 9.84. The topological polar surface area (TPSA) is 55.1 Å². The number of rotatable bonds is 6. The van der Waals surface area contributed by atoms with Crippen molar-refractivity contribution >= 4 is 17.5 Å². The van der Waals surface area contributed by atoms with Crippen LogP contribution in [0, 0.1) is 5.92 Å². The molecule has 3 N–H and O–H groups in total. The molecule has 2 atom stereocenters. The zero-order valence-corrected chi connectivity index (χ0v) is 13.5. The molecule has 0 aliphatic rings. The van der Waals surface area contributed by atoms with E-state index in [2.05, 4.69) is 19.2 Å². The number of halogens is 1. The summed E-state index contributed by atoms with van der Waals surface area (Å²) in [6, 6.07) is 7.27. The minimum atomic E-state index is -0.444. The molecule has 0 saturated carbocycles. The zero-order chi connectivity index (χ0) is 15.3. The van der Waals surface area contributed by atoms with Crippen LogP contribution in [-0.2, 0) is 10.2 Å². The summed E-state index contributed by atoms with van der Waals surface area (Å²) in [5, 5.41) is 3.67. The Morgan fingerprint density at radius 1 is 1.35 bits per heavy atom. The Bertz CT molecular complexity index is 442. The van der Waals surface area contributed by atoms with E-state index < -0.39 is 6.04 Å². The van der Waals surface area contributed by atoms with Crippen LogP contribution in [0.2, 0.25) is 5.02 Å². The Morgan fingerprint density at radius 2 is 1.90 bits per heavy atom. The Labute approximate surface area is 126 Å². The van der Waals surface area contributed by atoms with Crippen molar-refractivity contribution in [3.63, 3.8) is 0 Å². The van der Waals surface area contributed by atoms with Gasteiger partial charge in [-0.2, -0.15) is 0 Å². The Kier molecular flexibility index (Phi) is 6.03.